The van der Waals surface area contributed by atoms with Gasteiger partial charge in [-0.3, -0.25) is 4.79 Å². The molecule has 2 aromatic rings. The molecule has 2 heterocycles. The van der Waals surface area contributed by atoms with Crippen LogP contribution in [0.2, 0.25) is 5.02 Å². The summed E-state index contributed by atoms with van der Waals surface area (Å²) in [5.41, 5.74) is 0.220. The molecule has 9 heteroatoms. The van der Waals surface area contributed by atoms with Gasteiger partial charge in [-0.1, -0.05) is 30.2 Å². The zero-order chi connectivity index (χ0) is 20.4. The maximum absolute atomic E-state index is 12.9. The van der Waals surface area contributed by atoms with Gasteiger partial charge in [0, 0.05) is 13.1 Å². The summed E-state index contributed by atoms with van der Waals surface area (Å²) in [5, 5.41) is 2.91. The van der Waals surface area contributed by atoms with Crippen molar-refractivity contribution in [1.82, 2.24) is 4.31 Å². The number of piperidine rings is 1. The summed E-state index contributed by atoms with van der Waals surface area (Å²) in [6.45, 7) is 1.05. The predicted octanol–water partition coefficient (Wildman–Crippen LogP) is 3.29. The van der Waals surface area contributed by atoms with Crippen LogP contribution in [0.4, 0.5) is 5.69 Å². The first-order chi connectivity index (χ1) is 13.9. The Hall–Kier alpha value is -2.29. The highest BCUT2D eigenvalue weighted by Crippen LogP contribution is 2.32. The van der Waals surface area contributed by atoms with Crippen LogP contribution in [0.25, 0.3) is 0 Å². The summed E-state index contributed by atoms with van der Waals surface area (Å²) in [5.74, 6) is 0.588. The highest BCUT2D eigenvalue weighted by Gasteiger charge is 2.29. The fourth-order valence-electron chi connectivity index (χ4n) is 3.38. The van der Waals surface area contributed by atoms with E-state index < -0.39 is 22.0 Å². The number of nitrogens with one attached hydrogen (secondary N) is 1. The van der Waals surface area contributed by atoms with E-state index in [9.17, 15) is 13.2 Å². The SMILES string of the molecule is O=C(Nc1cc(S(=O)(=O)N2CCCCC2)ccc1Cl)[C@H]1COc2ccccc2O1. The lowest BCUT2D eigenvalue weighted by Gasteiger charge is -2.27. The highest BCUT2D eigenvalue weighted by molar-refractivity contribution is 7.89. The first-order valence-electron chi connectivity index (χ1n) is 9.44. The largest absolute Gasteiger partial charge is 0.485 e. The van der Waals surface area contributed by atoms with Crippen LogP contribution in [-0.4, -0.2) is 44.4 Å². The topological polar surface area (TPSA) is 84.9 Å². The standard InChI is InChI=1S/C20H21ClN2O5S/c21-15-9-8-14(29(25,26)23-10-4-1-5-11-23)12-16(15)22-20(24)19-13-27-17-6-2-3-7-18(17)28-19/h2-3,6-9,12,19H,1,4-5,10-11,13H2,(H,22,24)/t19-/m1/s1. The van der Waals surface area contributed by atoms with Gasteiger partial charge in [0.05, 0.1) is 15.6 Å². The number of nitrogens with zero attached hydrogens (tertiary/aromatic N) is 1. The van der Waals surface area contributed by atoms with Crippen molar-refractivity contribution in [3.8, 4) is 11.5 Å². The minimum Gasteiger partial charge on any atom is -0.485 e. The van der Waals surface area contributed by atoms with Gasteiger partial charge in [0.25, 0.3) is 5.91 Å². The van der Waals surface area contributed by atoms with Crippen LogP contribution in [0.5, 0.6) is 11.5 Å². The number of anilines is 1. The van der Waals surface area contributed by atoms with E-state index in [1.54, 1.807) is 18.2 Å². The number of sulfonamides is 1. The van der Waals surface area contributed by atoms with Gasteiger partial charge in [-0.05, 0) is 43.2 Å². The van der Waals surface area contributed by atoms with Gasteiger partial charge in [0.15, 0.2) is 11.5 Å². The molecule has 2 aliphatic rings. The van der Waals surface area contributed by atoms with Gasteiger partial charge in [-0.25, -0.2) is 8.42 Å². The molecule has 7 nitrogen and oxygen atoms in total. The lowest BCUT2D eigenvalue weighted by molar-refractivity contribution is -0.125. The van der Waals surface area contributed by atoms with Crippen molar-refractivity contribution < 1.29 is 22.7 Å². The summed E-state index contributed by atoms with van der Waals surface area (Å²) in [6, 6.07) is 11.4. The second-order valence-corrected chi connectivity index (χ2v) is 9.31. The fraction of sp³-hybridized carbons (Fsp3) is 0.350. The van der Waals surface area contributed by atoms with Crippen molar-refractivity contribution in [3.05, 3.63) is 47.5 Å². The van der Waals surface area contributed by atoms with Crippen molar-refractivity contribution in [1.29, 1.82) is 0 Å². The highest BCUT2D eigenvalue weighted by atomic mass is 35.5. The molecule has 2 aromatic carbocycles. The van der Waals surface area contributed by atoms with E-state index in [0.29, 0.717) is 24.6 Å². The molecular weight excluding hydrogens is 416 g/mol. The minimum absolute atomic E-state index is 0.0479. The molecule has 1 amide bonds. The van der Waals surface area contributed by atoms with E-state index >= 15 is 0 Å². The van der Waals surface area contributed by atoms with E-state index in [4.69, 9.17) is 21.1 Å². The Kier molecular flexibility index (Phi) is 5.67. The van der Waals surface area contributed by atoms with E-state index in [1.165, 1.54) is 22.5 Å². The Balaban J connectivity index is 1.52. The molecule has 0 aliphatic carbocycles. The summed E-state index contributed by atoms with van der Waals surface area (Å²) in [6.07, 6.45) is 1.84. The summed E-state index contributed by atoms with van der Waals surface area (Å²) < 4.78 is 38.5. The molecule has 0 aromatic heterocycles. The Morgan fingerprint density at radius 3 is 2.55 bits per heavy atom. The van der Waals surface area contributed by atoms with Gasteiger partial charge in [-0.15, -0.1) is 0 Å². The number of rotatable bonds is 4. The van der Waals surface area contributed by atoms with Crippen LogP contribution < -0.4 is 14.8 Å². The van der Waals surface area contributed by atoms with Gasteiger partial charge in [0.1, 0.15) is 6.61 Å². The molecular formula is C20H21ClN2O5S. The number of benzene rings is 2. The van der Waals surface area contributed by atoms with Gasteiger partial charge in [0.2, 0.25) is 16.1 Å². The number of hydrogen-bond donors (Lipinski definition) is 1. The van der Waals surface area contributed by atoms with Crippen LogP contribution in [0.15, 0.2) is 47.4 Å². The zero-order valence-electron chi connectivity index (χ0n) is 15.6. The Labute approximate surface area is 174 Å². The van der Waals surface area contributed by atoms with Crippen LogP contribution >= 0.6 is 11.6 Å². The maximum atomic E-state index is 12.9. The molecule has 0 saturated carbocycles. The van der Waals surface area contributed by atoms with Crippen LogP contribution in [-0.2, 0) is 14.8 Å². The molecule has 0 radical (unpaired) electrons. The molecule has 0 bridgehead atoms. The Morgan fingerprint density at radius 1 is 1.07 bits per heavy atom. The predicted molar refractivity (Wildman–Crippen MR) is 109 cm³/mol. The van der Waals surface area contributed by atoms with Gasteiger partial charge in [-0.2, -0.15) is 4.31 Å². The number of halogens is 1. The van der Waals surface area contributed by atoms with Crippen LogP contribution in [0.3, 0.4) is 0 Å². The quantitative estimate of drug-likeness (QED) is 0.794. The van der Waals surface area contributed by atoms with Crippen LogP contribution in [0, 0.1) is 0 Å². The number of fused-ring (bicyclic) bond motifs is 1. The molecule has 1 atom stereocenters. The van der Waals surface area contributed by atoms with Crippen molar-refractivity contribution in [2.24, 2.45) is 0 Å². The van der Waals surface area contributed by atoms with Crippen molar-refractivity contribution in [2.45, 2.75) is 30.3 Å². The summed E-state index contributed by atoms with van der Waals surface area (Å²) in [4.78, 5) is 12.8. The first kappa shape index (κ1) is 20.0. The molecule has 1 N–H and O–H groups in total. The lowest BCUT2D eigenvalue weighted by Crippen LogP contribution is -2.40. The third-order valence-electron chi connectivity index (χ3n) is 4.95. The minimum atomic E-state index is -3.63. The maximum Gasteiger partial charge on any atom is 0.269 e. The van der Waals surface area contributed by atoms with Crippen LogP contribution in [0.1, 0.15) is 19.3 Å². The summed E-state index contributed by atoms with van der Waals surface area (Å²) in [7, 11) is -3.63. The number of para-hydroxylation sites is 2. The van der Waals surface area contributed by atoms with Crippen molar-refractivity contribution in [2.75, 3.05) is 25.0 Å². The Morgan fingerprint density at radius 2 is 1.79 bits per heavy atom. The van der Waals surface area contributed by atoms with Gasteiger partial charge < -0.3 is 14.8 Å². The molecule has 0 spiro atoms. The number of carbonyl (C=O) groups excluding carboxylic acids is 1. The van der Waals surface area contributed by atoms with E-state index in [2.05, 4.69) is 5.32 Å². The van der Waals surface area contributed by atoms with E-state index in [-0.39, 0.29) is 22.2 Å². The van der Waals surface area contributed by atoms with Gasteiger partial charge >= 0.3 is 0 Å². The molecule has 2 aliphatic heterocycles. The molecule has 1 fully saturated rings. The Bertz CT molecular complexity index is 1020. The van der Waals surface area contributed by atoms with E-state index in [1.807, 2.05) is 6.07 Å². The molecule has 4 rings (SSSR count). The zero-order valence-corrected chi connectivity index (χ0v) is 17.2. The molecule has 29 heavy (non-hydrogen) atoms. The first-order valence-corrected chi connectivity index (χ1v) is 11.3. The number of hydrogen-bond acceptors (Lipinski definition) is 5. The smallest absolute Gasteiger partial charge is 0.269 e. The molecule has 0 unspecified atom stereocenters. The lowest BCUT2D eigenvalue weighted by atomic mass is 10.2. The average Bonchev–Trinajstić information content (AvgIpc) is 2.75. The number of ether oxygens (including phenoxy) is 2. The van der Waals surface area contributed by atoms with Crippen molar-refractivity contribution in [3.63, 3.8) is 0 Å². The second-order valence-electron chi connectivity index (χ2n) is 6.96. The molecule has 1 saturated heterocycles. The monoisotopic (exact) mass is 436 g/mol. The summed E-state index contributed by atoms with van der Waals surface area (Å²) >= 11 is 6.20. The average molecular weight is 437 g/mol. The normalized spacial score (nSPS) is 19.6. The molecule has 154 valence electrons. The third kappa shape index (κ3) is 4.19. The second kappa shape index (κ2) is 8.22. The van der Waals surface area contributed by atoms with E-state index in [0.717, 1.165) is 19.3 Å². The van der Waals surface area contributed by atoms with Crippen molar-refractivity contribution >= 4 is 33.2 Å². The third-order valence-corrected chi connectivity index (χ3v) is 7.17. The number of amides is 1. The fourth-order valence-corrected chi connectivity index (χ4v) is 5.09. The number of carbonyl (C=O) groups is 1.